The molecule has 1 saturated heterocycles. The molecule has 2 atom stereocenters. The number of methoxy groups -OCH3 is 1. The highest BCUT2D eigenvalue weighted by Gasteiger charge is 2.39. The number of amides is 1. The lowest BCUT2D eigenvalue weighted by molar-refractivity contribution is -0.233. The lowest BCUT2D eigenvalue weighted by Crippen LogP contribution is -2.49. The van der Waals surface area contributed by atoms with Crippen LogP contribution in [0.15, 0.2) is 57.7 Å². The van der Waals surface area contributed by atoms with E-state index in [1.807, 2.05) is 51.1 Å². The van der Waals surface area contributed by atoms with Gasteiger partial charge in [-0.2, -0.15) is 0 Å². The van der Waals surface area contributed by atoms with Crippen LogP contribution in [0.4, 0.5) is 10.5 Å². The number of aryl methyl sites for hydroxylation is 1. The minimum atomic E-state index is -0.737. The summed E-state index contributed by atoms with van der Waals surface area (Å²) in [6, 6.07) is 14.4. The van der Waals surface area contributed by atoms with E-state index in [4.69, 9.17) is 23.4 Å². The highest BCUT2D eigenvalue weighted by Crippen LogP contribution is 2.34. The molecule has 34 heavy (non-hydrogen) atoms. The molecule has 8 nitrogen and oxygen atoms in total. The third-order valence-electron chi connectivity index (χ3n) is 5.97. The Bertz CT molecular complexity index is 1220. The first kappa shape index (κ1) is 23.8. The van der Waals surface area contributed by atoms with Crippen LogP contribution < -0.4 is 15.7 Å². The minimum absolute atomic E-state index is 0.00148. The Hall–Kier alpha value is -3.36. The molecule has 0 aliphatic carbocycles. The van der Waals surface area contributed by atoms with Crippen LogP contribution in [0.3, 0.4) is 0 Å². The normalized spacial score (nSPS) is 19.5. The van der Waals surface area contributed by atoms with Crippen LogP contribution in [0.25, 0.3) is 11.0 Å². The second-order valence-electron chi connectivity index (χ2n) is 8.81. The molecule has 1 aliphatic rings. The maximum atomic E-state index is 12.5. The number of hydrogen-bond donors (Lipinski definition) is 1. The minimum Gasteiger partial charge on any atom is -0.465 e. The first-order chi connectivity index (χ1) is 16.3. The van der Waals surface area contributed by atoms with Gasteiger partial charge in [0.15, 0.2) is 0 Å². The van der Waals surface area contributed by atoms with Gasteiger partial charge in [-0.25, -0.2) is 9.59 Å². The quantitative estimate of drug-likeness (QED) is 0.500. The molecule has 2 heterocycles. The predicted molar refractivity (Wildman–Crippen MR) is 127 cm³/mol. The van der Waals surface area contributed by atoms with Crippen LogP contribution in [0.5, 0.6) is 5.75 Å². The van der Waals surface area contributed by atoms with Crippen molar-refractivity contribution in [1.82, 2.24) is 0 Å². The molecule has 2 aromatic carbocycles. The zero-order valence-electron chi connectivity index (χ0n) is 19.8. The molecule has 1 N–H and O–H groups in total. The van der Waals surface area contributed by atoms with Crippen molar-refractivity contribution < 1.29 is 28.2 Å². The molecule has 8 heteroatoms. The second-order valence-corrected chi connectivity index (χ2v) is 8.81. The maximum Gasteiger partial charge on any atom is 0.412 e. The Morgan fingerprint density at radius 1 is 1.15 bits per heavy atom. The van der Waals surface area contributed by atoms with Gasteiger partial charge in [0.25, 0.3) is 0 Å². The van der Waals surface area contributed by atoms with E-state index in [1.165, 1.54) is 0 Å². The zero-order valence-corrected chi connectivity index (χ0v) is 19.8. The van der Waals surface area contributed by atoms with Crippen molar-refractivity contribution in [2.45, 2.75) is 58.2 Å². The Morgan fingerprint density at radius 3 is 2.62 bits per heavy atom. The molecule has 1 unspecified atom stereocenters. The molecule has 0 saturated carbocycles. The van der Waals surface area contributed by atoms with Crippen LogP contribution in [0.1, 0.15) is 37.8 Å². The van der Waals surface area contributed by atoms with Gasteiger partial charge in [-0.1, -0.05) is 30.3 Å². The van der Waals surface area contributed by atoms with Crippen molar-refractivity contribution in [2.75, 3.05) is 12.4 Å². The van der Waals surface area contributed by atoms with E-state index in [9.17, 15) is 9.59 Å². The third-order valence-corrected chi connectivity index (χ3v) is 5.97. The summed E-state index contributed by atoms with van der Waals surface area (Å²) in [4.78, 5) is 24.7. The molecule has 1 fully saturated rings. The lowest BCUT2D eigenvalue weighted by Gasteiger charge is -2.41. The molecular weight excluding hydrogens is 438 g/mol. The van der Waals surface area contributed by atoms with E-state index in [1.54, 1.807) is 25.3 Å². The number of fused-ring (bicyclic) bond motifs is 1. The van der Waals surface area contributed by atoms with Gasteiger partial charge in [-0.05, 0) is 51.0 Å². The van der Waals surface area contributed by atoms with E-state index in [0.717, 1.165) is 12.0 Å². The van der Waals surface area contributed by atoms with E-state index in [-0.39, 0.29) is 18.4 Å². The van der Waals surface area contributed by atoms with Gasteiger partial charge in [0.05, 0.1) is 11.7 Å². The fraction of sp³-hybridized carbons (Fsp3) is 0.385. The van der Waals surface area contributed by atoms with Crippen LogP contribution in [-0.2, 0) is 20.8 Å². The molecule has 4 rings (SSSR count). The van der Waals surface area contributed by atoms with Crippen molar-refractivity contribution in [1.29, 1.82) is 0 Å². The summed E-state index contributed by atoms with van der Waals surface area (Å²) in [5.74, 6) is 0.565. The van der Waals surface area contributed by atoms with E-state index in [2.05, 4.69) is 5.32 Å². The van der Waals surface area contributed by atoms with Gasteiger partial charge in [-0.15, -0.1) is 0 Å². The lowest BCUT2D eigenvalue weighted by atomic mass is 9.94. The number of anilines is 1. The number of carbonyl (C=O) groups excluding carboxylic acids is 1. The maximum absolute atomic E-state index is 12.5. The number of rotatable bonds is 6. The van der Waals surface area contributed by atoms with E-state index in [0.29, 0.717) is 28.7 Å². The number of ether oxygens (including phenoxy) is 4. The van der Waals surface area contributed by atoms with Crippen LogP contribution in [0, 0.1) is 6.92 Å². The SMILES string of the molecule is CO[C@@H]1CCC(Oc2ccc3cc(NC(=O)OCc4ccccc4)c(=O)oc3c2C)OC1(C)C. The summed E-state index contributed by atoms with van der Waals surface area (Å²) >= 11 is 0. The first-order valence-electron chi connectivity index (χ1n) is 11.2. The second kappa shape index (κ2) is 9.87. The van der Waals surface area contributed by atoms with Crippen molar-refractivity contribution in [3.05, 3.63) is 70.1 Å². The summed E-state index contributed by atoms with van der Waals surface area (Å²) in [5, 5.41) is 3.11. The fourth-order valence-electron chi connectivity index (χ4n) is 4.12. The molecule has 1 aromatic heterocycles. The average molecular weight is 468 g/mol. The van der Waals surface area contributed by atoms with E-state index < -0.39 is 23.6 Å². The van der Waals surface area contributed by atoms with E-state index >= 15 is 0 Å². The van der Waals surface area contributed by atoms with Gasteiger partial charge in [0, 0.05) is 24.5 Å². The topological polar surface area (TPSA) is 96.2 Å². The van der Waals surface area contributed by atoms with Gasteiger partial charge in [-0.3, -0.25) is 5.32 Å². The summed E-state index contributed by atoms with van der Waals surface area (Å²) < 4.78 is 28.4. The van der Waals surface area contributed by atoms with Crippen LogP contribution in [0.2, 0.25) is 0 Å². The molecule has 0 radical (unpaired) electrons. The standard InChI is InChI=1S/C26H29NO7/c1-16-20(32-22-13-12-21(30-4)26(2,3)34-22)11-10-18-14-19(24(28)33-23(16)18)27-25(29)31-15-17-8-6-5-7-9-17/h5-11,14,21-22H,12-13,15H2,1-4H3,(H,27,29)/t21-,22?/m1/s1. The van der Waals surface area contributed by atoms with Crippen molar-refractivity contribution >= 4 is 22.7 Å². The van der Waals surface area contributed by atoms with Crippen molar-refractivity contribution in [2.24, 2.45) is 0 Å². The summed E-state index contributed by atoms with van der Waals surface area (Å²) in [5.41, 5.74) is 0.738. The van der Waals surface area contributed by atoms with Gasteiger partial charge in [0.1, 0.15) is 23.6 Å². The average Bonchev–Trinajstić information content (AvgIpc) is 2.81. The smallest absolute Gasteiger partial charge is 0.412 e. The summed E-state index contributed by atoms with van der Waals surface area (Å²) in [7, 11) is 1.68. The highest BCUT2D eigenvalue weighted by molar-refractivity contribution is 5.89. The fourth-order valence-corrected chi connectivity index (χ4v) is 4.12. The van der Waals surface area contributed by atoms with Crippen molar-refractivity contribution in [3.63, 3.8) is 0 Å². The Kier molecular flexibility index (Phi) is 6.90. The first-order valence-corrected chi connectivity index (χ1v) is 11.2. The molecule has 0 bridgehead atoms. The van der Waals surface area contributed by atoms with Crippen LogP contribution in [-0.4, -0.2) is 31.2 Å². The van der Waals surface area contributed by atoms with Crippen molar-refractivity contribution in [3.8, 4) is 5.75 Å². The Balaban J connectivity index is 1.47. The van der Waals surface area contributed by atoms with Crippen LogP contribution >= 0.6 is 0 Å². The van der Waals surface area contributed by atoms with Gasteiger partial charge < -0.3 is 23.4 Å². The van der Waals surface area contributed by atoms with Gasteiger partial charge in [0.2, 0.25) is 6.29 Å². The molecule has 1 amide bonds. The molecular formula is C26H29NO7. The third kappa shape index (κ3) is 5.24. The monoisotopic (exact) mass is 467 g/mol. The zero-order chi connectivity index (χ0) is 24.3. The summed E-state index contributed by atoms with van der Waals surface area (Å²) in [6.07, 6.45) is 0.305. The number of nitrogens with one attached hydrogen (secondary N) is 1. The Labute approximate surface area is 197 Å². The predicted octanol–water partition coefficient (Wildman–Crippen LogP) is 5.16. The number of benzene rings is 2. The number of hydrogen-bond acceptors (Lipinski definition) is 7. The number of carbonyl (C=O) groups is 1. The molecule has 1 aliphatic heterocycles. The summed E-state index contributed by atoms with van der Waals surface area (Å²) in [6.45, 7) is 5.86. The molecule has 0 spiro atoms. The molecule has 3 aromatic rings. The molecule has 180 valence electrons. The van der Waals surface area contributed by atoms with Gasteiger partial charge >= 0.3 is 11.7 Å². The largest absolute Gasteiger partial charge is 0.465 e. The highest BCUT2D eigenvalue weighted by atomic mass is 16.7. The Morgan fingerprint density at radius 2 is 1.91 bits per heavy atom.